The van der Waals surface area contributed by atoms with E-state index in [1.807, 2.05) is 0 Å². The summed E-state index contributed by atoms with van der Waals surface area (Å²) in [5.41, 5.74) is -0.831. The predicted molar refractivity (Wildman–Crippen MR) is 94.9 cm³/mol. The Labute approximate surface area is 150 Å². The molecule has 0 bridgehead atoms. The second kappa shape index (κ2) is 7.34. The number of nitrogens with one attached hydrogen (secondary N) is 1. The number of hydrogen-bond acceptors (Lipinski definition) is 3. The first-order valence-electron chi connectivity index (χ1n) is 9.84. The van der Waals surface area contributed by atoms with Gasteiger partial charge in [0.25, 0.3) is 5.91 Å². The molecule has 140 valence electrons. The van der Waals surface area contributed by atoms with Crippen molar-refractivity contribution in [1.82, 2.24) is 15.1 Å². The van der Waals surface area contributed by atoms with Crippen molar-refractivity contribution in [1.29, 1.82) is 0 Å². The van der Waals surface area contributed by atoms with Crippen molar-refractivity contribution in [2.45, 2.75) is 83.2 Å². The predicted octanol–water partition coefficient (Wildman–Crippen LogP) is 2.67. The fraction of sp³-hybridized carbons (Fsp3) is 0.842. The molecule has 0 aromatic heterocycles. The van der Waals surface area contributed by atoms with Crippen LogP contribution in [-0.2, 0) is 9.59 Å². The Bertz CT molecular complexity index is 540. The van der Waals surface area contributed by atoms with Crippen LogP contribution in [-0.4, -0.2) is 52.3 Å². The van der Waals surface area contributed by atoms with E-state index >= 15 is 0 Å². The van der Waals surface area contributed by atoms with Crippen LogP contribution in [0.2, 0.25) is 0 Å². The minimum absolute atomic E-state index is 0.194. The summed E-state index contributed by atoms with van der Waals surface area (Å²) in [5, 5.41) is 2.68. The largest absolute Gasteiger partial charge is 0.339 e. The van der Waals surface area contributed by atoms with E-state index in [0.717, 1.165) is 19.4 Å². The highest BCUT2D eigenvalue weighted by Gasteiger charge is 2.44. The second-order valence-corrected chi connectivity index (χ2v) is 8.31. The monoisotopic (exact) mass is 349 g/mol. The summed E-state index contributed by atoms with van der Waals surface area (Å²) in [7, 11) is 0. The maximum absolute atomic E-state index is 12.7. The van der Waals surface area contributed by atoms with Gasteiger partial charge in [-0.05, 0) is 51.9 Å². The van der Waals surface area contributed by atoms with Crippen molar-refractivity contribution in [3.8, 4) is 0 Å². The van der Waals surface area contributed by atoms with Crippen LogP contribution in [0.1, 0.15) is 71.6 Å². The molecule has 2 aliphatic heterocycles. The van der Waals surface area contributed by atoms with E-state index < -0.39 is 5.54 Å². The topological polar surface area (TPSA) is 69.7 Å². The molecular formula is C19H31N3O3. The van der Waals surface area contributed by atoms with E-state index in [4.69, 9.17) is 0 Å². The third-order valence-electron chi connectivity index (χ3n) is 6.03. The van der Waals surface area contributed by atoms with Crippen molar-refractivity contribution < 1.29 is 14.4 Å². The van der Waals surface area contributed by atoms with Crippen molar-refractivity contribution in [2.75, 3.05) is 13.1 Å². The number of rotatable bonds is 5. The molecule has 4 amide bonds. The Balaban J connectivity index is 1.49. The summed E-state index contributed by atoms with van der Waals surface area (Å²) in [6.07, 6.45) is 9.64. The summed E-state index contributed by atoms with van der Waals surface area (Å²) >= 11 is 0. The Morgan fingerprint density at radius 2 is 1.84 bits per heavy atom. The van der Waals surface area contributed by atoms with Crippen LogP contribution in [0, 0.1) is 5.92 Å². The van der Waals surface area contributed by atoms with E-state index in [-0.39, 0.29) is 17.8 Å². The van der Waals surface area contributed by atoms with Gasteiger partial charge in [-0.15, -0.1) is 0 Å². The van der Waals surface area contributed by atoms with Gasteiger partial charge in [-0.3, -0.25) is 14.5 Å². The first-order valence-corrected chi connectivity index (χ1v) is 9.84. The summed E-state index contributed by atoms with van der Waals surface area (Å²) in [4.78, 5) is 40.1. The molecule has 3 aliphatic rings. The first kappa shape index (κ1) is 18.2. The fourth-order valence-electron chi connectivity index (χ4n) is 4.66. The van der Waals surface area contributed by atoms with E-state index in [9.17, 15) is 14.4 Å². The molecule has 0 spiro atoms. The Hall–Kier alpha value is -1.59. The van der Waals surface area contributed by atoms with Crippen LogP contribution in [0.15, 0.2) is 0 Å². The molecule has 1 aliphatic carbocycles. The second-order valence-electron chi connectivity index (χ2n) is 8.31. The van der Waals surface area contributed by atoms with Crippen LogP contribution in [0.5, 0.6) is 0 Å². The highest BCUT2D eigenvalue weighted by atomic mass is 16.2. The quantitative estimate of drug-likeness (QED) is 0.776. The number of urea groups is 1. The number of nitrogens with zero attached hydrogens (tertiary/aromatic N) is 2. The molecule has 25 heavy (non-hydrogen) atoms. The van der Waals surface area contributed by atoms with E-state index in [2.05, 4.69) is 10.2 Å². The average Bonchev–Trinajstić information content (AvgIpc) is 3.14. The highest BCUT2D eigenvalue weighted by Crippen LogP contribution is 2.34. The third-order valence-corrected chi connectivity index (χ3v) is 6.03. The molecule has 6 heteroatoms. The SMILES string of the molecule is CC1(C)NC(=O)N(CCCC(=O)N2CCC[C@H]2C2CCCCC2)C1=O. The Morgan fingerprint density at radius 1 is 1.12 bits per heavy atom. The maximum atomic E-state index is 12.7. The molecule has 0 radical (unpaired) electrons. The lowest BCUT2D eigenvalue weighted by Gasteiger charge is -2.34. The molecule has 3 fully saturated rings. The van der Waals surface area contributed by atoms with Crippen LogP contribution < -0.4 is 5.32 Å². The standard InChI is InChI=1S/C19H31N3O3/c1-19(2)17(24)22(18(25)20-19)13-7-11-16(23)21-12-6-10-15(21)14-8-4-3-5-9-14/h14-15H,3-13H2,1-2H3,(H,20,25)/t15-/m0/s1. The third kappa shape index (κ3) is 3.82. The van der Waals surface area contributed by atoms with Crippen molar-refractivity contribution >= 4 is 17.8 Å². The lowest BCUT2D eigenvalue weighted by molar-refractivity contribution is -0.134. The zero-order valence-electron chi connectivity index (χ0n) is 15.6. The average molecular weight is 349 g/mol. The highest BCUT2D eigenvalue weighted by molar-refractivity contribution is 6.06. The summed E-state index contributed by atoms with van der Waals surface area (Å²) in [6, 6.07) is 0.0761. The molecule has 2 heterocycles. The maximum Gasteiger partial charge on any atom is 0.325 e. The van der Waals surface area contributed by atoms with Gasteiger partial charge in [-0.25, -0.2) is 4.79 Å². The van der Waals surface area contributed by atoms with Crippen molar-refractivity contribution in [2.24, 2.45) is 5.92 Å². The van der Waals surface area contributed by atoms with Crippen LogP contribution in [0.3, 0.4) is 0 Å². The minimum Gasteiger partial charge on any atom is -0.339 e. The molecule has 0 unspecified atom stereocenters. The zero-order chi connectivity index (χ0) is 18.0. The van der Waals surface area contributed by atoms with Gasteiger partial charge in [0.1, 0.15) is 5.54 Å². The Morgan fingerprint density at radius 3 is 2.48 bits per heavy atom. The van der Waals surface area contributed by atoms with Crippen LogP contribution in [0.4, 0.5) is 4.79 Å². The normalized spacial score (nSPS) is 27.0. The number of likely N-dealkylation sites (tertiary alicyclic amines) is 1. The molecule has 0 aromatic rings. The summed E-state index contributed by atoms with van der Waals surface area (Å²) < 4.78 is 0. The molecule has 1 saturated carbocycles. The molecule has 6 nitrogen and oxygen atoms in total. The van der Waals surface area contributed by atoms with Gasteiger partial charge in [0.15, 0.2) is 0 Å². The van der Waals surface area contributed by atoms with Crippen molar-refractivity contribution in [3.05, 3.63) is 0 Å². The molecular weight excluding hydrogens is 318 g/mol. The van der Waals surface area contributed by atoms with Gasteiger partial charge in [0.2, 0.25) is 5.91 Å². The van der Waals surface area contributed by atoms with E-state index in [1.165, 1.54) is 37.0 Å². The van der Waals surface area contributed by atoms with Gasteiger partial charge in [0, 0.05) is 25.6 Å². The molecule has 1 atom stereocenters. The first-order chi connectivity index (χ1) is 11.9. The number of carbonyl (C=O) groups excluding carboxylic acids is 3. The minimum atomic E-state index is -0.831. The van der Waals surface area contributed by atoms with E-state index in [0.29, 0.717) is 31.3 Å². The fourth-order valence-corrected chi connectivity index (χ4v) is 4.66. The lowest BCUT2D eigenvalue weighted by Crippen LogP contribution is -2.41. The number of amides is 4. The molecule has 0 aromatic carbocycles. The Kier molecular flexibility index (Phi) is 5.35. The lowest BCUT2D eigenvalue weighted by atomic mass is 9.83. The number of carbonyl (C=O) groups is 3. The van der Waals surface area contributed by atoms with Crippen LogP contribution in [0.25, 0.3) is 0 Å². The van der Waals surface area contributed by atoms with E-state index in [1.54, 1.807) is 13.8 Å². The molecule has 2 saturated heterocycles. The smallest absolute Gasteiger partial charge is 0.325 e. The number of hydrogen-bond donors (Lipinski definition) is 1. The van der Waals surface area contributed by atoms with Crippen LogP contribution >= 0.6 is 0 Å². The summed E-state index contributed by atoms with van der Waals surface area (Å²) in [5.74, 6) is 0.664. The van der Waals surface area contributed by atoms with Gasteiger partial charge >= 0.3 is 6.03 Å². The number of imide groups is 1. The molecule has 3 rings (SSSR count). The zero-order valence-corrected chi connectivity index (χ0v) is 15.6. The van der Waals surface area contributed by atoms with Crippen molar-refractivity contribution in [3.63, 3.8) is 0 Å². The van der Waals surface area contributed by atoms with Gasteiger partial charge in [-0.1, -0.05) is 19.3 Å². The summed E-state index contributed by atoms with van der Waals surface area (Å²) in [6.45, 7) is 4.60. The van der Waals surface area contributed by atoms with Gasteiger partial charge in [-0.2, -0.15) is 0 Å². The van der Waals surface area contributed by atoms with Gasteiger partial charge < -0.3 is 10.2 Å². The van der Waals surface area contributed by atoms with Gasteiger partial charge in [0.05, 0.1) is 0 Å². The molecule has 1 N–H and O–H groups in total.